The van der Waals surface area contributed by atoms with Crippen molar-refractivity contribution >= 4 is 29.2 Å². The van der Waals surface area contributed by atoms with E-state index < -0.39 is 16.9 Å². The molecule has 0 fully saturated rings. The smallest absolute Gasteiger partial charge is 0.308 e. The summed E-state index contributed by atoms with van der Waals surface area (Å²) in [5.41, 5.74) is 2.08. The van der Waals surface area contributed by atoms with Crippen LogP contribution in [-0.2, 0) is 9.59 Å². The first-order valence-corrected chi connectivity index (χ1v) is 9.63. The molecule has 8 heteroatoms. The molecule has 0 heterocycles. The van der Waals surface area contributed by atoms with Crippen LogP contribution in [0.2, 0.25) is 5.02 Å². The van der Waals surface area contributed by atoms with E-state index in [0.717, 1.165) is 11.1 Å². The minimum atomic E-state index is -0.531. The molecule has 0 saturated heterocycles. The number of rotatable bonds is 6. The van der Waals surface area contributed by atoms with Crippen molar-refractivity contribution in [1.82, 2.24) is 0 Å². The van der Waals surface area contributed by atoms with Crippen LogP contribution in [0.3, 0.4) is 0 Å². The van der Waals surface area contributed by atoms with E-state index in [4.69, 9.17) is 21.1 Å². The van der Waals surface area contributed by atoms with E-state index in [0.29, 0.717) is 17.1 Å². The Balaban J connectivity index is 2.08. The molecule has 0 aliphatic heterocycles. The van der Waals surface area contributed by atoms with Crippen molar-refractivity contribution < 1.29 is 24.0 Å². The van der Waals surface area contributed by atoms with E-state index >= 15 is 0 Å². The number of hydrogen-bond donors (Lipinski definition) is 0. The monoisotopic (exact) mass is 439 g/mol. The standard InChI is InChI=1S/C23H18ClNO6/c1-14(26)30-19-8-3-16(4-9-19)23(17-5-10-20(11-6-17)31-15(2)27)18-7-12-21(24)22(13-18)25(28)29/h3-13,23H,1-2H3. The third-order valence-electron chi connectivity index (χ3n) is 4.45. The van der Waals surface area contributed by atoms with Gasteiger partial charge in [0.2, 0.25) is 0 Å². The summed E-state index contributed by atoms with van der Waals surface area (Å²) in [6.07, 6.45) is 0. The second-order valence-electron chi connectivity index (χ2n) is 6.73. The molecule has 0 unspecified atom stereocenters. The Bertz CT molecular complexity index is 1070. The molecule has 0 saturated carbocycles. The molecule has 0 spiro atoms. The first kappa shape index (κ1) is 22.0. The van der Waals surface area contributed by atoms with Crippen molar-refractivity contribution in [2.24, 2.45) is 0 Å². The molecule has 0 N–H and O–H groups in total. The summed E-state index contributed by atoms with van der Waals surface area (Å²) in [6, 6.07) is 18.4. The van der Waals surface area contributed by atoms with Crippen LogP contribution in [0.5, 0.6) is 11.5 Å². The van der Waals surface area contributed by atoms with Crippen molar-refractivity contribution in [1.29, 1.82) is 0 Å². The summed E-state index contributed by atoms with van der Waals surface area (Å²) in [5.74, 6) is -0.462. The predicted molar refractivity (Wildman–Crippen MR) is 115 cm³/mol. The van der Waals surface area contributed by atoms with Crippen LogP contribution in [0.25, 0.3) is 0 Å². The van der Waals surface area contributed by atoms with Gasteiger partial charge in [0.15, 0.2) is 0 Å². The van der Waals surface area contributed by atoms with Crippen LogP contribution >= 0.6 is 11.6 Å². The van der Waals surface area contributed by atoms with E-state index in [1.165, 1.54) is 26.0 Å². The highest BCUT2D eigenvalue weighted by Gasteiger charge is 2.22. The fraction of sp³-hybridized carbons (Fsp3) is 0.130. The van der Waals surface area contributed by atoms with Crippen LogP contribution in [0, 0.1) is 10.1 Å². The molecular weight excluding hydrogens is 422 g/mol. The number of nitrogens with zero attached hydrogens (tertiary/aromatic N) is 1. The Labute approximate surface area is 183 Å². The highest BCUT2D eigenvalue weighted by molar-refractivity contribution is 6.32. The fourth-order valence-corrected chi connectivity index (χ4v) is 3.40. The van der Waals surface area contributed by atoms with Gasteiger partial charge in [0.05, 0.1) is 4.92 Å². The number of nitro benzene ring substituents is 1. The first-order chi connectivity index (χ1) is 14.7. The van der Waals surface area contributed by atoms with Crippen LogP contribution < -0.4 is 9.47 Å². The van der Waals surface area contributed by atoms with Gasteiger partial charge < -0.3 is 9.47 Å². The average molecular weight is 440 g/mol. The van der Waals surface area contributed by atoms with Gasteiger partial charge in [-0.1, -0.05) is 41.9 Å². The number of hydrogen-bond acceptors (Lipinski definition) is 6. The lowest BCUT2D eigenvalue weighted by Crippen LogP contribution is -2.06. The van der Waals surface area contributed by atoms with Crippen LogP contribution in [0.4, 0.5) is 5.69 Å². The summed E-state index contributed by atoms with van der Waals surface area (Å²) < 4.78 is 10.2. The van der Waals surface area contributed by atoms with Gasteiger partial charge in [-0.05, 0) is 47.0 Å². The Morgan fingerprint density at radius 3 is 1.61 bits per heavy atom. The Morgan fingerprint density at radius 1 is 0.806 bits per heavy atom. The number of carbonyl (C=O) groups excluding carboxylic acids is 2. The van der Waals surface area contributed by atoms with Gasteiger partial charge in [-0.3, -0.25) is 19.7 Å². The highest BCUT2D eigenvalue weighted by Crippen LogP contribution is 2.37. The van der Waals surface area contributed by atoms with Crippen LogP contribution in [-0.4, -0.2) is 16.9 Å². The predicted octanol–water partition coefficient (Wildman–Crippen LogP) is 5.28. The Morgan fingerprint density at radius 2 is 1.23 bits per heavy atom. The number of esters is 2. The van der Waals surface area contributed by atoms with E-state index in [2.05, 4.69) is 0 Å². The minimum absolute atomic E-state index is 0.0444. The van der Waals surface area contributed by atoms with E-state index in [9.17, 15) is 19.7 Å². The maximum Gasteiger partial charge on any atom is 0.308 e. The molecule has 31 heavy (non-hydrogen) atoms. The Hall–Kier alpha value is -3.71. The molecule has 7 nitrogen and oxygen atoms in total. The number of nitro groups is 1. The number of ether oxygens (including phenoxy) is 2. The topological polar surface area (TPSA) is 95.7 Å². The van der Waals surface area contributed by atoms with Gasteiger partial charge in [-0.2, -0.15) is 0 Å². The summed E-state index contributed by atoms with van der Waals surface area (Å²) in [5, 5.41) is 11.4. The molecule has 0 aromatic heterocycles. The second kappa shape index (κ2) is 9.40. The van der Waals surface area contributed by atoms with E-state index in [1.807, 2.05) is 0 Å². The molecule has 158 valence electrons. The summed E-state index contributed by atoms with van der Waals surface area (Å²) in [4.78, 5) is 33.2. The zero-order chi connectivity index (χ0) is 22.5. The van der Waals surface area contributed by atoms with Crippen molar-refractivity contribution in [3.63, 3.8) is 0 Å². The van der Waals surface area contributed by atoms with Crippen molar-refractivity contribution in [2.75, 3.05) is 0 Å². The SMILES string of the molecule is CC(=O)Oc1ccc(C(c2ccc(OC(C)=O)cc2)c2ccc(Cl)c([N+](=O)[O-])c2)cc1. The summed E-state index contributed by atoms with van der Waals surface area (Å²) >= 11 is 5.99. The highest BCUT2D eigenvalue weighted by atomic mass is 35.5. The van der Waals surface area contributed by atoms with Gasteiger partial charge in [0, 0.05) is 25.8 Å². The molecule has 0 aliphatic carbocycles. The quantitative estimate of drug-likeness (QED) is 0.170. The molecule has 0 bridgehead atoms. The van der Waals surface area contributed by atoms with E-state index in [-0.39, 0.29) is 16.6 Å². The minimum Gasteiger partial charge on any atom is -0.427 e. The largest absolute Gasteiger partial charge is 0.427 e. The summed E-state index contributed by atoms with van der Waals surface area (Å²) in [7, 11) is 0. The van der Waals surface area contributed by atoms with Crippen molar-refractivity contribution in [3.8, 4) is 11.5 Å². The van der Waals surface area contributed by atoms with E-state index in [1.54, 1.807) is 54.6 Å². The van der Waals surface area contributed by atoms with Gasteiger partial charge in [-0.15, -0.1) is 0 Å². The maximum atomic E-state index is 11.4. The number of halogens is 1. The molecule has 0 radical (unpaired) electrons. The van der Waals surface area contributed by atoms with Crippen LogP contribution in [0.1, 0.15) is 36.5 Å². The first-order valence-electron chi connectivity index (χ1n) is 9.25. The van der Waals surface area contributed by atoms with Crippen molar-refractivity contribution in [2.45, 2.75) is 19.8 Å². The lowest BCUT2D eigenvalue weighted by molar-refractivity contribution is -0.384. The third-order valence-corrected chi connectivity index (χ3v) is 4.77. The maximum absolute atomic E-state index is 11.4. The molecule has 3 rings (SSSR count). The zero-order valence-electron chi connectivity index (χ0n) is 16.7. The second-order valence-corrected chi connectivity index (χ2v) is 7.13. The molecule has 0 atom stereocenters. The normalized spacial score (nSPS) is 10.6. The molecular formula is C23H18ClNO6. The number of carbonyl (C=O) groups is 2. The number of benzene rings is 3. The molecule has 3 aromatic rings. The van der Waals surface area contributed by atoms with Gasteiger partial charge in [-0.25, -0.2) is 0 Å². The van der Waals surface area contributed by atoms with Gasteiger partial charge >= 0.3 is 11.9 Å². The Kier molecular flexibility index (Phi) is 6.67. The molecule has 3 aromatic carbocycles. The fourth-order valence-electron chi connectivity index (χ4n) is 3.22. The van der Waals surface area contributed by atoms with Gasteiger partial charge in [0.1, 0.15) is 16.5 Å². The lowest BCUT2D eigenvalue weighted by atomic mass is 9.85. The van der Waals surface area contributed by atoms with Gasteiger partial charge in [0.25, 0.3) is 5.69 Å². The molecule has 0 aliphatic rings. The lowest BCUT2D eigenvalue weighted by Gasteiger charge is -2.19. The average Bonchev–Trinajstić information content (AvgIpc) is 2.71. The van der Waals surface area contributed by atoms with Crippen molar-refractivity contribution in [3.05, 3.63) is 98.6 Å². The third kappa shape index (κ3) is 5.46. The van der Waals surface area contributed by atoms with Crippen LogP contribution in [0.15, 0.2) is 66.7 Å². The zero-order valence-corrected chi connectivity index (χ0v) is 17.5. The molecule has 0 amide bonds. The summed E-state index contributed by atoms with van der Waals surface area (Å²) in [6.45, 7) is 2.63.